The number of hydrogen-bond acceptors (Lipinski definition) is 2. The van der Waals surface area contributed by atoms with Crippen LogP contribution in [0.1, 0.15) is 19.4 Å². The van der Waals surface area contributed by atoms with Gasteiger partial charge in [0, 0.05) is 10.2 Å². The zero-order valence-corrected chi connectivity index (χ0v) is 11.9. The predicted octanol–water partition coefficient (Wildman–Crippen LogP) is 2.96. The molecule has 0 bridgehead atoms. The van der Waals surface area contributed by atoms with Crippen LogP contribution in [-0.2, 0) is 4.79 Å². The maximum atomic E-state index is 12.0. The number of rotatable bonds is 4. The minimum atomic E-state index is -0.367. The van der Waals surface area contributed by atoms with Crippen molar-refractivity contribution in [2.24, 2.45) is 11.8 Å². The Balaban J connectivity index is 2.83. The molecule has 1 amide bonds. The summed E-state index contributed by atoms with van der Waals surface area (Å²) in [5.41, 5.74) is 1.78. The van der Waals surface area contributed by atoms with Crippen molar-refractivity contribution in [3.05, 3.63) is 28.2 Å². The Morgan fingerprint density at radius 1 is 1.47 bits per heavy atom. The molecule has 4 heteroatoms. The second-order valence-corrected chi connectivity index (χ2v) is 5.40. The highest BCUT2D eigenvalue weighted by Crippen LogP contribution is 2.22. The van der Waals surface area contributed by atoms with Gasteiger partial charge in [-0.2, -0.15) is 0 Å². The summed E-state index contributed by atoms with van der Waals surface area (Å²) < 4.78 is 0.920. The zero-order valence-electron chi connectivity index (χ0n) is 10.3. The Morgan fingerprint density at radius 2 is 2.12 bits per heavy atom. The summed E-state index contributed by atoms with van der Waals surface area (Å²) in [6.07, 6.45) is 0. The van der Waals surface area contributed by atoms with Crippen LogP contribution in [0.4, 0.5) is 5.69 Å². The van der Waals surface area contributed by atoms with Gasteiger partial charge in [-0.25, -0.2) is 0 Å². The summed E-state index contributed by atoms with van der Waals surface area (Å²) in [4.78, 5) is 12.0. The highest BCUT2D eigenvalue weighted by atomic mass is 79.9. The Morgan fingerprint density at radius 3 is 2.65 bits per heavy atom. The van der Waals surface area contributed by atoms with Crippen LogP contribution in [0.3, 0.4) is 0 Å². The van der Waals surface area contributed by atoms with Gasteiger partial charge in [0.25, 0.3) is 0 Å². The minimum Gasteiger partial charge on any atom is -0.396 e. The molecule has 0 aromatic heterocycles. The normalized spacial score (nSPS) is 12.6. The SMILES string of the molecule is Cc1ccc(Br)cc1NC(=O)C(CO)C(C)C. The van der Waals surface area contributed by atoms with Gasteiger partial charge >= 0.3 is 0 Å². The molecule has 0 spiro atoms. The van der Waals surface area contributed by atoms with Crippen molar-refractivity contribution in [3.8, 4) is 0 Å². The third-order valence-electron chi connectivity index (χ3n) is 2.80. The van der Waals surface area contributed by atoms with Gasteiger partial charge in [0.2, 0.25) is 5.91 Å². The number of aliphatic hydroxyl groups is 1. The van der Waals surface area contributed by atoms with Crippen LogP contribution in [0.2, 0.25) is 0 Å². The van der Waals surface area contributed by atoms with Crippen molar-refractivity contribution in [2.75, 3.05) is 11.9 Å². The molecule has 0 heterocycles. The number of carbonyl (C=O) groups excluding carboxylic acids is 1. The van der Waals surface area contributed by atoms with Crippen molar-refractivity contribution in [1.29, 1.82) is 0 Å². The first-order valence-corrected chi connectivity index (χ1v) is 6.43. The van der Waals surface area contributed by atoms with Crippen LogP contribution < -0.4 is 5.32 Å². The van der Waals surface area contributed by atoms with E-state index in [1.807, 2.05) is 39.0 Å². The monoisotopic (exact) mass is 299 g/mol. The lowest BCUT2D eigenvalue weighted by Gasteiger charge is -2.18. The van der Waals surface area contributed by atoms with E-state index in [0.29, 0.717) is 0 Å². The maximum Gasteiger partial charge on any atom is 0.230 e. The van der Waals surface area contributed by atoms with Crippen LogP contribution in [0.15, 0.2) is 22.7 Å². The highest BCUT2D eigenvalue weighted by Gasteiger charge is 2.21. The van der Waals surface area contributed by atoms with Gasteiger partial charge in [-0.05, 0) is 30.5 Å². The third kappa shape index (κ3) is 3.82. The van der Waals surface area contributed by atoms with E-state index in [9.17, 15) is 9.90 Å². The number of amides is 1. The van der Waals surface area contributed by atoms with E-state index in [4.69, 9.17) is 0 Å². The lowest BCUT2D eigenvalue weighted by Crippen LogP contribution is -2.30. The molecule has 17 heavy (non-hydrogen) atoms. The van der Waals surface area contributed by atoms with Crippen LogP contribution in [0, 0.1) is 18.8 Å². The second-order valence-electron chi connectivity index (χ2n) is 4.48. The van der Waals surface area contributed by atoms with E-state index in [1.165, 1.54) is 0 Å². The van der Waals surface area contributed by atoms with Gasteiger partial charge in [-0.15, -0.1) is 0 Å². The molecule has 94 valence electrons. The van der Waals surface area contributed by atoms with Crippen LogP contribution >= 0.6 is 15.9 Å². The zero-order chi connectivity index (χ0) is 13.0. The first-order chi connectivity index (χ1) is 7.95. The Bertz CT molecular complexity index is 404. The second kappa shape index (κ2) is 6.17. The van der Waals surface area contributed by atoms with E-state index < -0.39 is 0 Å². The van der Waals surface area contributed by atoms with Crippen molar-refractivity contribution in [2.45, 2.75) is 20.8 Å². The molecule has 0 aliphatic carbocycles. The number of benzene rings is 1. The highest BCUT2D eigenvalue weighted by molar-refractivity contribution is 9.10. The average molecular weight is 300 g/mol. The molecule has 1 aromatic carbocycles. The number of aryl methyl sites for hydroxylation is 1. The van der Waals surface area contributed by atoms with E-state index in [0.717, 1.165) is 15.7 Å². The van der Waals surface area contributed by atoms with Crippen LogP contribution in [0.5, 0.6) is 0 Å². The van der Waals surface area contributed by atoms with Crippen molar-refractivity contribution >= 4 is 27.5 Å². The van der Waals surface area contributed by atoms with Gasteiger partial charge in [0.15, 0.2) is 0 Å². The van der Waals surface area contributed by atoms with E-state index in [1.54, 1.807) is 0 Å². The topological polar surface area (TPSA) is 49.3 Å². The molecular formula is C13H18BrNO2. The molecular weight excluding hydrogens is 282 g/mol. The summed E-state index contributed by atoms with van der Waals surface area (Å²) in [5.74, 6) is -0.385. The number of aliphatic hydroxyl groups excluding tert-OH is 1. The molecule has 2 N–H and O–H groups in total. The fourth-order valence-electron chi connectivity index (χ4n) is 1.55. The first-order valence-electron chi connectivity index (χ1n) is 5.63. The summed E-state index contributed by atoms with van der Waals surface area (Å²) in [5, 5.41) is 12.1. The van der Waals surface area contributed by atoms with E-state index >= 15 is 0 Å². The van der Waals surface area contributed by atoms with E-state index in [2.05, 4.69) is 21.2 Å². The van der Waals surface area contributed by atoms with Gasteiger partial charge in [0.1, 0.15) is 0 Å². The largest absolute Gasteiger partial charge is 0.396 e. The van der Waals surface area contributed by atoms with Gasteiger partial charge in [-0.1, -0.05) is 35.8 Å². The minimum absolute atomic E-state index is 0.118. The van der Waals surface area contributed by atoms with Crippen molar-refractivity contribution in [1.82, 2.24) is 0 Å². The van der Waals surface area contributed by atoms with Gasteiger partial charge in [0.05, 0.1) is 12.5 Å². The lowest BCUT2D eigenvalue weighted by atomic mass is 9.96. The standard InChI is InChI=1S/C13H18BrNO2/c1-8(2)11(7-16)13(17)15-12-6-10(14)5-4-9(12)3/h4-6,8,11,16H,7H2,1-3H3,(H,15,17). The van der Waals surface area contributed by atoms with Crippen LogP contribution in [0.25, 0.3) is 0 Å². The first kappa shape index (κ1) is 14.2. The van der Waals surface area contributed by atoms with Crippen molar-refractivity contribution < 1.29 is 9.90 Å². The Labute approximate surface area is 110 Å². The molecule has 1 atom stereocenters. The fourth-order valence-corrected chi connectivity index (χ4v) is 1.91. The Hall–Kier alpha value is -0.870. The number of hydrogen-bond donors (Lipinski definition) is 2. The van der Waals surface area contributed by atoms with Crippen molar-refractivity contribution in [3.63, 3.8) is 0 Å². The quantitative estimate of drug-likeness (QED) is 0.898. The molecule has 0 radical (unpaired) electrons. The molecule has 1 aromatic rings. The maximum absolute atomic E-state index is 12.0. The fraction of sp³-hybridized carbons (Fsp3) is 0.462. The van der Waals surface area contributed by atoms with Crippen LogP contribution in [-0.4, -0.2) is 17.6 Å². The molecule has 0 saturated carbocycles. The average Bonchev–Trinajstić information content (AvgIpc) is 2.24. The number of carbonyl (C=O) groups is 1. The summed E-state index contributed by atoms with van der Waals surface area (Å²) >= 11 is 3.37. The molecule has 3 nitrogen and oxygen atoms in total. The predicted molar refractivity (Wildman–Crippen MR) is 72.9 cm³/mol. The summed E-state index contributed by atoms with van der Waals surface area (Å²) in [6, 6.07) is 5.72. The van der Waals surface area contributed by atoms with Gasteiger partial charge < -0.3 is 10.4 Å². The molecule has 0 fully saturated rings. The molecule has 0 aliphatic heterocycles. The summed E-state index contributed by atoms with van der Waals surface area (Å²) in [7, 11) is 0. The van der Waals surface area contributed by atoms with Gasteiger partial charge in [-0.3, -0.25) is 4.79 Å². The number of nitrogens with one attached hydrogen (secondary N) is 1. The third-order valence-corrected chi connectivity index (χ3v) is 3.29. The Kier molecular flexibility index (Phi) is 5.15. The van der Waals surface area contributed by atoms with E-state index in [-0.39, 0.29) is 24.3 Å². The molecule has 1 unspecified atom stereocenters. The molecule has 0 aliphatic rings. The number of halogens is 1. The molecule has 1 rings (SSSR count). The smallest absolute Gasteiger partial charge is 0.230 e. The molecule has 0 saturated heterocycles. The summed E-state index contributed by atoms with van der Waals surface area (Å²) in [6.45, 7) is 5.66. The lowest BCUT2D eigenvalue weighted by molar-refractivity contribution is -0.122. The number of anilines is 1.